The molecule has 0 fully saturated rings. The topological polar surface area (TPSA) is 141 Å². The number of carbonyl (C=O) groups excluding carboxylic acids is 2. The van der Waals surface area contributed by atoms with Crippen LogP contribution in [0.2, 0.25) is 0 Å². The number of hydrogen-bond donors (Lipinski definition) is 2. The average molecular weight is 561 g/mol. The van der Waals surface area contributed by atoms with Gasteiger partial charge >= 0.3 is 5.69 Å². The number of aliphatic imine (C=N–C) groups is 1. The molecule has 0 saturated heterocycles. The highest BCUT2D eigenvalue weighted by atomic mass is 16.5. The molecule has 0 bridgehead atoms. The largest absolute Gasteiger partial charge is 0.496 e. The second-order valence-electron chi connectivity index (χ2n) is 9.99. The van der Waals surface area contributed by atoms with E-state index < -0.39 is 17.2 Å². The van der Waals surface area contributed by atoms with Crippen LogP contribution in [-0.4, -0.2) is 58.9 Å². The molecule has 2 amide bonds. The van der Waals surface area contributed by atoms with Gasteiger partial charge in [0.1, 0.15) is 18.1 Å². The third-order valence-electron chi connectivity index (χ3n) is 7.11. The molecule has 11 nitrogen and oxygen atoms in total. The monoisotopic (exact) mass is 560 g/mol. The van der Waals surface area contributed by atoms with Crippen LogP contribution in [0.25, 0.3) is 28.1 Å². The van der Waals surface area contributed by atoms with Crippen molar-refractivity contribution >= 4 is 40.3 Å². The Morgan fingerprint density at radius 3 is 2.44 bits per heavy atom. The van der Waals surface area contributed by atoms with E-state index in [0.717, 1.165) is 23.0 Å². The van der Waals surface area contributed by atoms with Crippen molar-refractivity contribution in [1.29, 1.82) is 0 Å². The van der Waals surface area contributed by atoms with Gasteiger partial charge in [0.2, 0.25) is 11.8 Å². The highest BCUT2D eigenvalue weighted by molar-refractivity contribution is 6.06. The fraction of sp³-hybridized carbons (Fsp3) is 0.367. The zero-order valence-electron chi connectivity index (χ0n) is 24.1. The number of amides is 2. The zero-order chi connectivity index (χ0) is 29.8. The Kier molecular flexibility index (Phi) is 8.75. The first kappa shape index (κ1) is 29.3. The van der Waals surface area contributed by atoms with E-state index in [4.69, 9.17) is 10.5 Å². The number of aryl methyl sites for hydroxylation is 1. The molecule has 3 aromatic rings. The van der Waals surface area contributed by atoms with Crippen LogP contribution in [0.1, 0.15) is 38.7 Å². The van der Waals surface area contributed by atoms with Gasteiger partial charge in [0.25, 0.3) is 5.56 Å². The molecule has 0 radical (unpaired) electrons. The number of likely N-dealkylation sites (N-methyl/N-ethyl adjacent to an activating group) is 1. The summed E-state index contributed by atoms with van der Waals surface area (Å²) in [6.07, 6.45) is 3.73. The molecule has 0 atom stereocenters. The summed E-state index contributed by atoms with van der Waals surface area (Å²) in [5.74, 6) is 0.310. The van der Waals surface area contributed by atoms with Crippen molar-refractivity contribution in [3.8, 4) is 16.9 Å². The zero-order valence-corrected chi connectivity index (χ0v) is 24.1. The number of carbonyl (C=O) groups is 2. The minimum Gasteiger partial charge on any atom is -0.496 e. The molecule has 0 unspecified atom stereocenters. The molecule has 216 valence electrons. The number of rotatable bonds is 9. The van der Waals surface area contributed by atoms with E-state index in [2.05, 4.69) is 10.3 Å². The SMILES string of the molecule is CCCN(CCC)C(=O)C1=Cc2c(cc(-c3ccc4c(=O)n(CC(=O)NC)c(=O)n(C)c4c3)cc2OC)N=C(N)C1. The molecule has 2 heterocycles. The van der Waals surface area contributed by atoms with Crippen molar-refractivity contribution < 1.29 is 14.3 Å². The molecule has 3 N–H and O–H groups in total. The minimum atomic E-state index is -0.595. The van der Waals surface area contributed by atoms with Crippen LogP contribution < -0.4 is 27.0 Å². The van der Waals surface area contributed by atoms with Crippen LogP contribution in [0.3, 0.4) is 0 Å². The van der Waals surface area contributed by atoms with Crippen LogP contribution in [0.15, 0.2) is 50.5 Å². The number of hydrogen-bond acceptors (Lipinski definition) is 7. The number of nitrogens with one attached hydrogen (secondary N) is 1. The van der Waals surface area contributed by atoms with Gasteiger partial charge in [-0.1, -0.05) is 19.9 Å². The molecule has 0 spiro atoms. The lowest BCUT2D eigenvalue weighted by molar-refractivity contribution is -0.127. The van der Waals surface area contributed by atoms with Crippen molar-refractivity contribution in [3.63, 3.8) is 0 Å². The molecule has 1 aliphatic rings. The van der Waals surface area contributed by atoms with Gasteiger partial charge in [-0.05, 0) is 54.3 Å². The van der Waals surface area contributed by atoms with Crippen molar-refractivity contribution in [1.82, 2.24) is 19.4 Å². The van der Waals surface area contributed by atoms with Gasteiger partial charge in [0, 0.05) is 44.7 Å². The smallest absolute Gasteiger partial charge is 0.331 e. The van der Waals surface area contributed by atoms with E-state index >= 15 is 0 Å². The number of ether oxygens (including phenoxy) is 1. The highest BCUT2D eigenvalue weighted by Gasteiger charge is 2.23. The van der Waals surface area contributed by atoms with E-state index in [1.54, 1.807) is 38.4 Å². The third-order valence-corrected chi connectivity index (χ3v) is 7.11. The number of nitrogens with zero attached hydrogens (tertiary/aromatic N) is 4. The van der Waals surface area contributed by atoms with Crippen LogP contribution in [0.4, 0.5) is 5.69 Å². The van der Waals surface area contributed by atoms with Gasteiger partial charge in [-0.3, -0.25) is 23.5 Å². The normalized spacial score (nSPS) is 12.7. The summed E-state index contributed by atoms with van der Waals surface area (Å²) in [5.41, 5.74) is 8.75. The second-order valence-corrected chi connectivity index (χ2v) is 9.99. The molecule has 1 aromatic heterocycles. The third kappa shape index (κ3) is 5.79. The van der Waals surface area contributed by atoms with Gasteiger partial charge in [-0.2, -0.15) is 0 Å². The Balaban J connectivity index is 1.84. The molecule has 11 heteroatoms. The molecular weight excluding hydrogens is 524 g/mol. The molecule has 1 aliphatic heterocycles. The molecule has 4 rings (SSSR count). The number of fused-ring (bicyclic) bond motifs is 2. The van der Waals surface area contributed by atoms with E-state index in [-0.39, 0.29) is 18.9 Å². The van der Waals surface area contributed by atoms with Gasteiger partial charge in [0.15, 0.2) is 0 Å². The van der Waals surface area contributed by atoms with Crippen molar-refractivity contribution in [2.45, 2.75) is 39.7 Å². The van der Waals surface area contributed by atoms with E-state index in [1.807, 2.05) is 30.9 Å². The average Bonchev–Trinajstić information content (AvgIpc) is 3.14. The van der Waals surface area contributed by atoms with Gasteiger partial charge in [0.05, 0.1) is 23.7 Å². The van der Waals surface area contributed by atoms with Crippen molar-refractivity contribution in [3.05, 3.63) is 62.3 Å². The maximum absolute atomic E-state index is 13.4. The van der Waals surface area contributed by atoms with Crippen molar-refractivity contribution in [2.24, 2.45) is 17.8 Å². The summed E-state index contributed by atoms with van der Waals surface area (Å²) in [7, 11) is 4.55. The maximum Gasteiger partial charge on any atom is 0.331 e. The number of benzene rings is 2. The number of nitrogens with two attached hydrogens (primary N) is 1. The first-order valence-electron chi connectivity index (χ1n) is 13.6. The standard InChI is InChI=1S/C30H36N6O5/c1-6-10-35(11-7-2)28(38)20-12-22-23(33-26(31)16-20)13-19(15-25(22)41-5)18-8-9-21-24(14-18)34(4)30(40)36(29(21)39)17-27(37)32-3/h8-9,12-15H,6-7,10-11,16-17H2,1-5H3,(H2,31,33)(H,32,37). The van der Waals surface area contributed by atoms with Gasteiger partial charge in [-0.15, -0.1) is 0 Å². The lowest BCUT2D eigenvalue weighted by Gasteiger charge is -2.22. The van der Waals surface area contributed by atoms with Crippen LogP contribution in [0, 0.1) is 0 Å². The summed E-state index contributed by atoms with van der Waals surface area (Å²) in [4.78, 5) is 57.8. The second kappa shape index (κ2) is 12.2. The number of methoxy groups -OCH3 is 1. The summed E-state index contributed by atoms with van der Waals surface area (Å²) in [6.45, 7) is 5.03. The Morgan fingerprint density at radius 1 is 1.10 bits per heavy atom. The number of amidine groups is 1. The maximum atomic E-state index is 13.4. The van der Waals surface area contributed by atoms with Gasteiger partial charge < -0.3 is 20.7 Å². The van der Waals surface area contributed by atoms with E-state index in [1.165, 1.54) is 11.6 Å². The van der Waals surface area contributed by atoms with Crippen molar-refractivity contribution in [2.75, 3.05) is 27.2 Å². The molecule has 41 heavy (non-hydrogen) atoms. The lowest BCUT2D eigenvalue weighted by Crippen LogP contribution is -2.42. The Bertz CT molecular complexity index is 1690. The molecule has 0 saturated carbocycles. The molecule has 0 aliphatic carbocycles. The molecular formula is C30H36N6O5. The molecule has 2 aromatic carbocycles. The Morgan fingerprint density at radius 2 is 1.80 bits per heavy atom. The predicted octanol–water partition coefficient (Wildman–Crippen LogP) is 2.55. The van der Waals surface area contributed by atoms with E-state index in [9.17, 15) is 19.2 Å². The summed E-state index contributed by atoms with van der Waals surface area (Å²) >= 11 is 0. The predicted molar refractivity (Wildman–Crippen MR) is 161 cm³/mol. The number of aromatic nitrogens is 2. The minimum absolute atomic E-state index is 0.0663. The lowest BCUT2D eigenvalue weighted by atomic mass is 9.98. The quantitative estimate of drug-likeness (QED) is 0.412. The highest BCUT2D eigenvalue weighted by Crippen LogP contribution is 2.39. The first-order valence-corrected chi connectivity index (χ1v) is 13.6. The summed E-state index contributed by atoms with van der Waals surface area (Å²) in [5, 5.41) is 2.74. The van der Waals surface area contributed by atoms with Crippen LogP contribution in [0.5, 0.6) is 5.75 Å². The fourth-order valence-electron chi connectivity index (χ4n) is 5.04. The first-order chi connectivity index (χ1) is 19.6. The Hall–Kier alpha value is -4.67. The fourth-order valence-corrected chi connectivity index (χ4v) is 5.04. The van der Waals surface area contributed by atoms with E-state index in [0.29, 0.717) is 58.0 Å². The summed E-state index contributed by atoms with van der Waals surface area (Å²) < 4.78 is 8.00. The Labute approximate surface area is 237 Å². The summed E-state index contributed by atoms with van der Waals surface area (Å²) in [6, 6.07) is 8.81. The van der Waals surface area contributed by atoms with Crippen LogP contribution >= 0.6 is 0 Å². The van der Waals surface area contributed by atoms with Crippen LogP contribution in [-0.2, 0) is 23.2 Å². The van der Waals surface area contributed by atoms with Gasteiger partial charge in [-0.25, -0.2) is 9.79 Å².